The van der Waals surface area contributed by atoms with Crippen LogP contribution in [0.15, 0.2) is 12.7 Å². The molecule has 2 atom stereocenters. The third-order valence-electron chi connectivity index (χ3n) is 1.89. The predicted octanol–water partition coefficient (Wildman–Crippen LogP) is 1.44. The summed E-state index contributed by atoms with van der Waals surface area (Å²) in [6.07, 6.45) is 3.24. The fourth-order valence-corrected chi connectivity index (χ4v) is 1.34. The summed E-state index contributed by atoms with van der Waals surface area (Å²) in [7, 11) is 1.97. The highest BCUT2D eigenvalue weighted by Gasteiger charge is 2.26. The molecule has 58 valence electrons. The van der Waals surface area contributed by atoms with Crippen LogP contribution in [-0.2, 0) is 4.84 Å². The normalized spacial score (nSPS) is 34.6. The van der Waals surface area contributed by atoms with Gasteiger partial charge in [-0.3, -0.25) is 4.84 Å². The maximum atomic E-state index is 5.48. The first-order valence-corrected chi connectivity index (χ1v) is 3.73. The van der Waals surface area contributed by atoms with Gasteiger partial charge in [0, 0.05) is 13.6 Å². The van der Waals surface area contributed by atoms with Gasteiger partial charge in [-0.2, -0.15) is 5.06 Å². The van der Waals surface area contributed by atoms with Gasteiger partial charge in [0.15, 0.2) is 0 Å². The van der Waals surface area contributed by atoms with Crippen LogP contribution >= 0.6 is 0 Å². The largest absolute Gasteiger partial charge is 0.295 e. The van der Waals surface area contributed by atoms with Crippen molar-refractivity contribution in [2.24, 2.45) is 5.92 Å². The third kappa shape index (κ3) is 1.58. The van der Waals surface area contributed by atoms with Crippen LogP contribution in [0.2, 0.25) is 0 Å². The standard InChI is InChI=1S/C8H15NO/c1-4-5-8-7(2)6-9(3)10-8/h4,7-8H,1,5-6H2,2-3H3/t7-,8?/m0/s1. The Morgan fingerprint density at radius 1 is 1.80 bits per heavy atom. The van der Waals surface area contributed by atoms with Gasteiger partial charge in [-0.1, -0.05) is 13.0 Å². The zero-order chi connectivity index (χ0) is 7.56. The number of hydrogen-bond donors (Lipinski definition) is 0. The van der Waals surface area contributed by atoms with E-state index in [1.54, 1.807) is 0 Å². The lowest BCUT2D eigenvalue weighted by atomic mass is 10.0. The highest BCUT2D eigenvalue weighted by molar-refractivity contribution is 4.80. The van der Waals surface area contributed by atoms with Gasteiger partial charge >= 0.3 is 0 Å². The Morgan fingerprint density at radius 2 is 2.50 bits per heavy atom. The van der Waals surface area contributed by atoms with E-state index in [0.29, 0.717) is 12.0 Å². The Labute approximate surface area is 62.4 Å². The molecule has 10 heavy (non-hydrogen) atoms. The molecule has 0 saturated carbocycles. The molecule has 0 aliphatic carbocycles. The maximum absolute atomic E-state index is 5.48. The smallest absolute Gasteiger partial charge is 0.0865 e. The summed E-state index contributed by atoms with van der Waals surface area (Å²) < 4.78 is 0. The van der Waals surface area contributed by atoms with E-state index in [4.69, 9.17) is 4.84 Å². The van der Waals surface area contributed by atoms with Gasteiger partial charge in [-0.15, -0.1) is 6.58 Å². The lowest BCUT2D eigenvalue weighted by Gasteiger charge is -2.10. The molecule has 1 unspecified atom stereocenters. The van der Waals surface area contributed by atoms with Gasteiger partial charge in [0.2, 0.25) is 0 Å². The fourth-order valence-electron chi connectivity index (χ4n) is 1.34. The number of hydroxylamine groups is 2. The molecule has 1 saturated heterocycles. The van der Waals surface area contributed by atoms with E-state index in [2.05, 4.69) is 13.5 Å². The van der Waals surface area contributed by atoms with Crippen molar-refractivity contribution in [2.75, 3.05) is 13.6 Å². The van der Waals surface area contributed by atoms with E-state index in [0.717, 1.165) is 13.0 Å². The predicted molar refractivity (Wildman–Crippen MR) is 41.5 cm³/mol. The first kappa shape index (κ1) is 7.76. The van der Waals surface area contributed by atoms with Crippen molar-refractivity contribution in [3.63, 3.8) is 0 Å². The maximum Gasteiger partial charge on any atom is 0.0865 e. The molecule has 0 radical (unpaired) electrons. The van der Waals surface area contributed by atoms with Crippen molar-refractivity contribution in [1.82, 2.24) is 5.06 Å². The van der Waals surface area contributed by atoms with Crippen LogP contribution in [0.4, 0.5) is 0 Å². The van der Waals surface area contributed by atoms with E-state index in [1.807, 2.05) is 18.2 Å². The van der Waals surface area contributed by atoms with Crippen molar-refractivity contribution in [3.8, 4) is 0 Å². The quantitative estimate of drug-likeness (QED) is 0.539. The molecule has 0 bridgehead atoms. The average molecular weight is 141 g/mol. The van der Waals surface area contributed by atoms with Gasteiger partial charge in [-0.05, 0) is 12.3 Å². The zero-order valence-corrected chi connectivity index (χ0v) is 6.71. The van der Waals surface area contributed by atoms with E-state index in [1.165, 1.54) is 0 Å². The molecule has 0 aromatic heterocycles. The number of nitrogens with zero attached hydrogens (tertiary/aromatic N) is 1. The molecule has 0 amide bonds. The Bertz CT molecular complexity index is 124. The lowest BCUT2D eigenvalue weighted by molar-refractivity contribution is -0.126. The van der Waals surface area contributed by atoms with Crippen LogP contribution in [0.25, 0.3) is 0 Å². The van der Waals surface area contributed by atoms with Crippen molar-refractivity contribution >= 4 is 0 Å². The van der Waals surface area contributed by atoms with Gasteiger partial charge in [0.05, 0.1) is 6.10 Å². The first-order valence-electron chi connectivity index (χ1n) is 3.73. The van der Waals surface area contributed by atoms with Crippen LogP contribution in [0.5, 0.6) is 0 Å². The topological polar surface area (TPSA) is 12.5 Å². The second kappa shape index (κ2) is 3.17. The molecular weight excluding hydrogens is 126 g/mol. The molecule has 0 aromatic carbocycles. The van der Waals surface area contributed by atoms with Crippen LogP contribution < -0.4 is 0 Å². The summed E-state index contributed by atoms with van der Waals surface area (Å²) >= 11 is 0. The minimum absolute atomic E-state index is 0.363. The molecule has 1 aliphatic heterocycles. The Morgan fingerprint density at radius 3 is 2.90 bits per heavy atom. The monoisotopic (exact) mass is 141 g/mol. The lowest BCUT2D eigenvalue weighted by Crippen LogP contribution is -2.13. The van der Waals surface area contributed by atoms with Gasteiger partial charge in [-0.25, -0.2) is 0 Å². The van der Waals surface area contributed by atoms with Crippen LogP contribution in [0.1, 0.15) is 13.3 Å². The molecular formula is C8H15NO. The van der Waals surface area contributed by atoms with E-state index in [-0.39, 0.29) is 0 Å². The first-order chi connectivity index (χ1) is 4.74. The molecule has 0 N–H and O–H groups in total. The van der Waals surface area contributed by atoms with Crippen molar-refractivity contribution in [3.05, 3.63) is 12.7 Å². The van der Waals surface area contributed by atoms with Crippen molar-refractivity contribution in [2.45, 2.75) is 19.4 Å². The molecule has 0 aromatic rings. The summed E-state index contributed by atoms with van der Waals surface area (Å²) in [6.45, 7) is 6.93. The highest BCUT2D eigenvalue weighted by Crippen LogP contribution is 2.20. The van der Waals surface area contributed by atoms with E-state index >= 15 is 0 Å². The number of rotatable bonds is 2. The molecule has 1 aliphatic rings. The van der Waals surface area contributed by atoms with Crippen molar-refractivity contribution in [1.29, 1.82) is 0 Å². The minimum Gasteiger partial charge on any atom is -0.295 e. The summed E-state index contributed by atoms with van der Waals surface area (Å²) in [5, 5.41) is 1.90. The molecule has 1 rings (SSSR count). The molecule has 0 spiro atoms. The second-order valence-corrected chi connectivity index (χ2v) is 2.96. The Kier molecular flexibility index (Phi) is 2.46. The summed E-state index contributed by atoms with van der Waals surface area (Å²) in [4.78, 5) is 5.48. The van der Waals surface area contributed by atoms with Crippen LogP contribution in [0, 0.1) is 5.92 Å². The average Bonchev–Trinajstić information content (AvgIpc) is 2.13. The summed E-state index contributed by atoms with van der Waals surface area (Å²) in [5.74, 6) is 0.642. The van der Waals surface area contributed by atoms with Crippen LogP contribution in [-0.4, -0.2) is 24.8 Å². The zero-order valence-electron chi connectivity index (χ0n) is 6.71. The second-order valence-electron chi connectivity index (χ2n) is 2.96. The summed E-state index contributed by atoms with van der Waals surface area (Å²) in [6, 6.07) is 0. The SMILES string of the molecule is C=CCC1ON(C)C[C@@H]1C. The molecule has 2 nitrogen and oxygen atoms in total. The van der Waals surface area contributed by atoms with Gasteiger partial charge in [0.1, 0.15) is 0 Å². The van der Waals surface area contributed by atoms with Crippen LogP contribution in [0.3, 0.4) is 0 Å². The van der Waals surface area contributed by atoms with Gasteiger partial charge in [0.25, 0.3) is 0 Å². The Hall–Kier alpha value is -0.340. The fraction of sp³-hybridized carbons (Fsp3) is 0.750. The molecule has 1 heterocycles. The van der Waals surface area contributed by atoms with E-state index < -0.39 is 0 Å². The molecule has 2 heteroatoms. The Balaban J connectivity index is 2.38. The molecule has 1 fully saturated rings. The third-order valence-corrected chi connectivity index (χ3v) is 1.89. The van der Waals surface area contributed by atoms with Gasteiger partial charge < -0.3 is 0 Å². The summed E-state index contributed by atoms with van der Waals surface area (Å²) in [5.41, 5.74) is 0. The van der Waals surface area contributed by atoms with E-state index in [9.17, 15) is 0 Å². The number of hydrogen-bond acceptors (Lipinski definition) is 2. The van der Waals surface area contributed by atoms with Crippen molar-refractivity contribution < 1.29 is 4.84 Å². The minimum atomic E-state index is 0.363. The highest BCUT2D eigenvalue weighted by atomic mass is 16.7.